The molecule has 0 aliphatic rings. The minimum absolute atomic E-state index is 0.625. The fourth-order valence-corrected chi connectivity index (χ4v) is 4.18. The van der Waals surface area contributed by atoms with Crippen LogP contribution in [0.3, 0.4) is 0 Å². The molecule has 0 saturated heterocycles. The Bertz CT molecular complexity index is 1730. The molecule has 2 heterocycles. The van der Waals surface area contributed by atoms with Gasteiger partial charge >= 0.3 is 0 Å². The third-order valence-corrected chi connectivity index (χ3v) is 6.12. The van der Waals surface area contributed by atoms with E-state index < -0.39 is 0 Å². The quantitative estimate of drug-likeness (QED) is 0.209. The lowest BCUT2D eigenvalue weighted by molar-refractivity contribution is 0.667. The third kappa shape index (κ3) is 4.75. The molecule has 0 spiro atoms. The van der Waals surface area contributed by atoms with Crippen LogP contribution in [0.2, 0.25) is 0 Å². The van der Waals surface area contributed by atoms with Crippen LogP contribution in [-0.4, -0.2) is 9.97 Å². The Morgan fingerprint density at radius 2 is 1.54 bits per heavy atom. The molecule has 178 valence electrons. The van der Waals surface area contributed by atoms with E-state index in [0.717, 1.165) is 55.6 Å². The summed E-state index contributed by atoms with van der Waals surface area (Å²) in [6.07, 6.45) is 9.23. The maximum Gasteiger partial charge on any atom is 0.180 e. The van der Waals surface area contributed by atoms with Crippen molar-refractivity contribution in [1.82, 2.24) is 9.97 Å². The average Bonchev–Trinajstić information content (AvgIpc) is 3.33. The van der Waals surface area contributed by atoms with Crippen LogP contribution in [-0.2, 0) is 0 Å². The van der Waals surface area contributed by atoms with Gasteiger partial charge in [-0.3, -0.25) is 0 Å². The molecule has 0 aliphatic heterocycles. The van der Waals surface area contributed by atoms with Crippen molar-refractivity contribution in [1.29, 1.82) is 0 Å². The first-order chi connectivity index (χ1) is 18.1. The smallest absolute Gasteiger partial charge is 0.180 e. The topological polar surface area (TPSA) is 38.9 Å². The average molecular weight is 479 g/mol. The summed E-state index contributed by atoms with van der Waals surface area (Å²) in [4.78, 5) is 9.95. The van der Waals surface area contributed by atoms with Crippen LogP contribution < -0.4 is 0 Å². The lowest BCUT2D eigenvalue weighted by Gasteiger charge is -2.09. The zero-order chi connectivity index (χ0) is 25.8. The number of furan rings is 1. The Hall–Kier alpha value is -5.02. The zero-order valence-electron chi connectivity index (χ0n) is 20.5. The molecule has 5 aromatic rings. The maximum atomic E-state index is 6.23. The van der Waals surface area contributed by atoms with E-state index in [1.54, 1.807) is 6.08 Å². The molecule has 3 aromatic carbocycles. The van der Waals surface area contributed by atoms with Crippen molar-refractivity contribution in [3.8, 4) is 22.6 Å². The highest BCUT2D eigenvalue weighted by molar-refractivity contribution is 6.07. The number of benzene rings is 3. The number of allylic oxidation sites excluding steroid dienone is 8. The second-order valence-corrected chi connectivity index (χ2v) is 8.57. The molecule has 2 aromatic heterocycles. The van der Waals surface area contributed by atoms with Gasteiger partial charge in [0.15, 0.2) is 11.4 Å². The highest BCUT2D eigenvalue weighted by Gasteiger charge is 2.18. The molecule has 3 nitrogen and oxygen atoms in total. The lowest BCUT2D eigenvalue weighted by atomic mass is 9.98. The number of rotatable bonds is 8. The predicted octanol–water partition coefficient (Wildman–Crippen LogP) is 9.13. The SMILES string of the molecule is C=CC=CC(=C)C(=C)C=C(C=C)c1cccc(-c2nc(-c3ccccc3)c3oc4ccccc4c3n2)c1. The van der Waals surface area contributed by atoms with Gasteiger partial charge in [-0.1, -0.05) is 111 Å². The van der Waals surface area contributed by atoms with Crippen LogP contribution in [0.4, 0.5) is 0 Å². The number of nitrogens with zero attached hydrogens (tertiary/aromatic N) is 2. The van der Waals surface area contributed by atoms with Crippen LogP contribution in [0.25, 0.3) is 50.3 Å². The Labute approximate surface area is 216 Å². The minimum atomic E-state index is 0.625. The van der Waals surface area contributed by atoms with Gasteiger partial charge in [-0.05, 0) is 46.6 Å². The van der Waals surface area contributed by atoms with Gasteiger partial charge < -0.3 is 4.42 Å². The number of hydrogen-bond acceptors (Lipinski definition) is 3. The Kier molecular flexibility index (Phi) is 6.60. The molecule has 0 saturated carbocycles. The molecule has 5 rings (SSSR count). The standard InChI is InChI=1S/C34H26N2O/c1-5-7-14-23(3)24(4)21-25(6-2)27-17-13-18-28(22-27)34-35-31(26-15-9-8-10-16-26)33-32(36-34)29-19-11-12-20-30(29)37-33/h5-22H,1-4H2. The summed E-state index contributed by atoms with van der Waals surface area (Å²) >= 11 is 0. The van der Waals surface area contributed by atoms with E-state index in [2.05, 4.69) is 32.4 Å². The molecule has 0 bridgehead atoms. The first kappa shape index (κ1) is 23.7. The second kappa shape index (κ2) is 10.3. The molecule has 0 aliphatic carbocycles. The molecule has 37 heavy (non-hydrogen) atoms. The van der Waals surface area contributed by atoms with E-state index in [-0.39, 0.29) is 0 Å². The second-order valence-electron chi connectivity index (χ2n) is 8.57. The summed E-state index contributed by atoms with van der Waals surface area (Å²) in [5.74, 6) is 0.625. The summed E-state index contributed by atoms with van der Waals surface area (Å²) in [7, 11) is 0. The van der Waals surface area contributed by atoms with Gasteiger partial charge in [0.1, 0.15) is 16.8 Å². The fourth-order valence-electron chi connectivity index (χ4n) is 4.18. The largest absolute Gasteiger partial charge is 0.452 e. The predicted molar refractivity (Wildman–Crippen MR) is 156 cm³/mol. The summed E-state index contributed by atoms with van der Waals surface area (Å²) in [6.45, 7) is 16.0. The van der Waals surface area contributed by atoms with Crippen LogP contribution in [0.5, 0.6) is 0 Å². The fraction of sp³-hybridized carbons (Fsp3) is 0. The lowest BCUT2D eigenvalue weighted by Crippen LogP contribution is -1.94. The monoisotopic (exact) mass is 478 g/mol. The zero-order valence-corrected chi connectivity index (χ0v) is 20.5. The van der Waals surface area contributed by atoms with Gasteiger partial charge in [-0.15, -0.1) is 0 Å². The Morgan fingerprint density at radius 3 is 2.32 bits per heavy atom. The highest BCUT2D eigenvalue weighted by atomic mass is 16.3. The van der Waals surface area contributed by atoms with Crippen molar-refractivity contribution in [2.75, 3.05) is 0 Å². The molecule has 3 heteroatoms. The summed E-state index contributed by atoms with van der Waals surface area (Å²) in [6, 6.07) is 26.1. The van der Waals surface area contributed by atoms with Crippen LogP contribution in [0.1, 0.15) is 5.56 Å². The Balaban J connectivity index is 1.65. The van der Waals surface area contributed by atoms with E-state index in [1.807, 2.05) is 97.1 Å². The van der Waals surface area contributed by atoms with E-state index >= 15 is 0 Å². The molecule has 0 N–H and O–H groups in total. The van der Waals surface area contributed by atoms with Gasteiger partial charge in [0.25, 0.3) is 0 Å². The van der Waals surface area contributed by atoms with Gasteiger partial charge in [0, 0.05) is 16.5 Å². The first-order valence-electron chi connectivity index (χ1n) is 12.0. The van der Waals surface area contributed by atoms with Gasteiger partial charge in [-0.25, -0.2) is 9.97 Å². The molecule has 0 amide bonds. The van der Waals surface area contributed by atoms with Crippen molar-refractivity contribution < 1.29 is 4.42 Å². The molecular weight excluding hydrogens is 452 g/mol. The number of hydrogen-bond donors (Lipinski definition) is 0. The highest BCUT2D eigenvalue weighted by Crippen LogP contribution is 2.35. The van der Waals surface area contributed by atoms with E-state index in [9.17, 15) is 0 Å². The van der Waals surface area contributed by atoms with Crippen molar-refractivity contribution in [2.45, 2.75) is 0 Å². The normalized spacial score (nSPS) is 11.7. The number of aromatic nitrogens is 2. The van der Waals surface area contributed by atoms with Crippen molar-refractivity contribution in [3.05, 3.63) is 152 Å². The maximum absolute atomic E-state index is 6.23. The summed E-state index contributed by atoms with van der Waals surface area (Å²) in [5.41, 5.74) is 8.41. The van der Waals surface area contributed by atoms with Gasteiger partial charge in [-0.2, -0.15) is 0 Å². The molecule has 0 unspecified atom stereocenters. The minimum Gasteiger partial charge on any atom is -0.452 e. The van der Waals surface area contributed by atoms with E-state index in [1.165, 1.54) is 0 Å². The van der Waals surface area contributed by atoms with Crippen LogP contribution in [0, 0.1) is 0 Å². The van der Waals surface area contributed by atoms with Crippen molar-refractivity contribution in [2.24, 2.45) is 0 Å². The van der Waals surface area contributed by atoms with Crippen LogP contribution >= 0.6 is 0 Å². The number of fused-ring (bicyclic) bond motifs is 3. The molecular formula is C34H26N2O. The molecule has 0 fully saturated rings. The molecule has 0 atom stereocenters. The van der Waals surface area contributed by atoms with E-state index in [0.29, 0.717) is 11.4 Å². The summed E-state index contributed by atoms with van der Waals surface area (Å²) in [5, 5.41) is 0.962. The Morgan fingerprint density at radius 1 is 0.784 bits per heavy atom. The van der Waals surface area contributed by atoms with Gasteiger partial charge in [0.2, 0.25) is 0 Å². The third-order valence-electron chi connectivity index (χ3n) is 6.12. The number of para-hydroxylation sites is 1. The van der Waals surface area contributed by atoms with E-state index in [4.69, 9.17) is 14.4 Å². The van der Waals surface area contributed by atoms with Gasteiger partial charge in [0.05, 0.1) is 0 Å². The summed E-state index contributed by atoms with van der Waals surface area (Å²) < 4.78 is 6.23. The van der Waals surface area contributed by atoms with Crippen molar-refractivity contribution in [3.63, 3.8) is 0 Å². The molecule has 0 radical (unpaired) electrons. The van der Waals surface area contributed by atoms with Crippen molar-refractivity contribution >= 4 is 27.6 Å². The van der Waals surface area contributed by atoms with Crippen LogP contribution in [0.15, 0.2) is 151 Å². The first-order valence-corrected chi connectivity index (χ1v) is 12.0.